The lowest BCUT2D eigenvalue weighted by Gasteiger charge is -2.33. The van der Waals surface area contributed by atoms with E-state index in [1.165, 1.54) is 5.56 Å². The highest BCUT2D eigenvalue weighted by molar-refractivity contribution is 7.98. The summed E-state index contributed by atoms with van der Waals surface area (Å²) in [7, 11) is 0. The number of thioether (sulfide) groups is 1. The van der Waals surface area contributed by atoms with E-state index in [1.807, 2.05) is 37.7 Å². The Labute approximate surface area is 136 Å². The van der Waals surface area contributed by atoms with Crippen LogP contribution in [0.25, 0.3) is 0 Å². The van der Waals surface area contributed by atoms with Crippen molar-refractivity contribution < 1.29 is 14.7 Å². The Kier molecular flexibility index (Phi) is 6.94. The van der Waals surface area contributed by atoms with Crippen molar-refractivity contribution in [2.75, 3.05) is 5.75 Å². The number of hydrogen-bond donors (Lipinski definition) is 2. The van der Waals surface area contributed by atoms with Crippen LogP contribution >= 0.6 is 11.8 Å². The van der Waals surface area contributed by atoms with Gasteiger partial charge in [0.15, 0.2) is 0 Å². The van der Waals surface area contributed by atoms with E-state index >= 15 is 0 Å². The molecule has 0 aliphatic rings. The topological polar surface area (TPSA) is 66.4 Å². The fraction of sp³-hybridized carbons (Fsp3) is 0.529. The zero-order valence-electron chi connectivity index (χ0n) is 13.7. The molecule has 1 unspecified atom stereocenters. The smallest absolute Gasteiger partial charge is 0.305 e. The van der Waals surface area contributed by atoms with Crippen LogP contribution in [0.4, 0.5) is 0 Å². The van der Waals surface area contributed by atoms with E-state index in [4.69, 9.17) is 5.11 Å². The van der Waals surface area contributed by atoms with Crippen molar-refractivity contribution in [1.29, 1.82) is 0 Å². The molecule has 0 radical (unpaired) electrons. The van der Waals surface area contributed by atoms with Gasteiger partial charge in [-0.15, -0.1) is 0 Å². The van der Waals surface area contributed by atoms with Crippen LogP contribution < -0.4 is 5.32 Å². The van der Waals surface area contributed by atoms with Gasteiger partial charge < -0.3 is 10.4 Å². The highest BCUT2D eigenvalue weighted by Gasteiger charge is 2.33. The number of carbonyl (C=O) groups is 2. The summed E-state index contributed by atoms with van der Waals surface area (Å²) in [6, 6.07) is 7.48. The molecule has 0 aliphatic carbocycles. The standard InChI is InChI=1S/C17H25NO3S/c1-5-22-11-13-6-8-14(9-7-13)16(21)18-17(4,12(2)3)10-15(19)20/h6-9,12H,5,10-11H2,1-4H3,(H,18,21)(H,19,20). The number of amides is 1. The average molecular weight is 323 g/mol. The first kappa shape index (κ1) is 18.6. The molecule has 22 heavy (non-hydrogen) atoms. The molecule has 0 spiro atoms. The molecule has 1 aromatic carbocycles. The predicted octanol–water partition coefficient (Wildman–Crippen LogP) is 3.56. The van der Waals surface area contributed by atoms with E-state index in [1.54, 1.807) is 19.1 Å². The molecular weight excluding hydrogens is 298 g/mol. The highest BCUT2D eigenvalue weighted by atomic mass is 32.2. The molecule has 0 bridgehead atoms. The number of nitrogens with one attached hydrogen (secondary N) is 1. The maximum Gasteiger partial charge on any atom is 0.305 e. The zero-order valence-corrected chi connectivity index (χ0v) is 14.5. The van der Waals surface area contributed by atoms with E-state index in [2.05, 4.69) is 12.2 Å². The lowest BCUT2D eigenvalue weighted by Crippen LogP contribution is -2.51. The first-order valence-corrected chi connectivity index (χ1v) is 8.65. The van der Waals surface area contributed by atoms with Gasteiger partial charge in [0.25, 0.3) is 5.91 Å². The van der Waals surface area contributed by atoms with Crippen LogP contribution in [0, 0.1) is 5.92 Å². The van der Waals surface area contributed by atoms with Gasteiger partial charge in [0.2, 0.25) is 0 Å². The van der Waals surface area contributed by atoms with E-state index in [0.717, 1.165) is 11.5 Å². The number of carboxylic acid groups (broad SMARTS) is 1. The minimum atomic E-state index is -0.913. The van der Waals surface area contributed by atoms with Crippen molar-refractivity contribution in [3.05, 3.63) is 35.4 Å². The van der Waals surface area contributed by atoms with Crippen LogP contribution in [0.1, 0.15) is 50.0 Å². The lowest BCUT2D eigenvalue weighted by molar-refractivity contribution is -0.138. The van der Waals surface area contributed by atoms with Crippen molar-refractivity contribution in [3.8, 4) is 0 Å². The minimum absolute atomic E-state index is 0.0211. The number of carbonyl (C=O) groups excluding carboxylic acids is 1. The van der Waals surface area contributed by atoms with Gasteiger partial charge in [0.1, 0.15) is 0 Å². The van der Waals surface area contributed by atoms with Crippen molar-refractivity contribution in [2.24, 2.45) is 5.92 Å². The molecule has 1 amide bonds. The maximum atomic E-state index is 12.4. The molecule has 1 rings (SSSR count). The summed E-state index contributed by atoms with van der Waals surface area (Å²) >= 11 is 1.83. The molecule has 0 saturated heterocycles. The third-order valence-corrected chi connectivity index (χ3v) is 4.83. The summed E-state index contributed by atoms with van der Waals surface area (Å²) in [6.45, 7) is 7.71. The van der Waals surface area contributed by atoms with Gasteiger partial charge in [-0.25, -0.2) is 0 Å². The van der Waals surface area contributed by atoms with Gasteiger partial charge in [-0.1, -0.05) is 32.9 Å². The van der Waals surface area contributed by atoms with Crippen LogP contribution in [0.15, 0.2) is 24.3 Å². The molecule has 5 heteroatoms. The fourth-order valence-corrected chi connectivity index (χ4v) is 2.64. The molecule has 0 fully saturated rings. The van der Waals surface area contributed by atoms with Gasteiger partial charge in [-0.2, -0.15) is 11.8 Å². The molecular formula is C17H25NO3S. The molecule has 0 saturated carbocycles. The number of rotatable bonds is 8. The van der Waals surface area contributed by atoms with E-state index in [9.17, 15) is 9.59 Å². The van der Waals surface area contributed by atoms with E-state index in [0.29, 0.717) is 5.56 Å². The molecule has 0 aliphatic heterocycles. The van der Waals surface area contributed by atoms with Crippen molar-refractivity contribution in [3.63, 3.8) is 0 Å². The summed E-state index contributed by atoms with van der Waals surface area (Å²) in [4.78, 5) is 23.4. The summed E-state index contributed by atoms with van der Waals surface area (Å²) < 4.78 is 0. The summed E-state index contributed by atoms with van der Waals surface area (Å²) in [5.74, 6) is 0.869. The zero-order chi connectivity index (χ0) is 16.8. The molecule has 2 N–H and O–H groups in total. The second-order valence-electron chi connectivity index (χ2n) is 5.93. The van der Waals surface area contributed by atoms with Gasteiger partial charge in [-0.3, -0.25) is 9.59 Å². The molecule has 1 atom stereocenters. The van der Waals surface area contributed by atoms with Gasteiger partial charge in [0, 0.05) is 11.3 Å². The van der Waals surface area contributed by atoms with Crippen LogP contribution in [0.3, 0.4) is 0 Å². The van der Waals surface area contributed by atoms with Crippen molar-refractivity contribution >= 4 is 23.6 Å². The third-order valence-electron chi connectivity index (χ3n) is 3.88. The molecule has 1 aromatic rings. The highest BCUT2D eigenvalue weighted by Crippen LogP contribution is 2.22. The predicted molar refractivity (Wildman–Crippen MR) is 91.2 cm³/mol. The van der Waals surface area contributed by atoms with Crippen LogP contribution in [-0.4, -0.2) is 28.3 Å². The molecule has 4 nitrogen and oxygen atoms in total. The Morgan fingerprint density at radius 3 is 2.32 bits per heavy atom. The molecule has 122 valence electrons. The van der Waals surface area contributed by atoms with Crippen LogP contribution in [0.5, 0.6) is 0 Å². The second kappa shape index (κ2) is 8.22. The van der Waals surface area contributed by atoms with Gasteiger partial charge in [-0.05, 0) is 36.3 Å². The van der Waals surface area contributed by atoms with Crippen LogP contribution in [-0.2, 0) is 10.5 Å². The summed E-state index contributed by atoms with van der Waals surface area (Å²) in [5, 5.41) is 11.9. The molecule has 0 heterocycles. The fourth-order valence-electron chi connectivity index (χ4n) is 2.01. The SMILES string of the molecule is CCSCc1ccc(C(=O)NC(C)(CC(=O)O)C(C)C)cc1. The average Bonchev–Trinajstić information content (AvgIpc) is 2.44. The van der Waals surface area contributed by atoms with Gasteiger partial charge in [0.05, 0.1) is 12.0 Å². The summed E-state index contributed by atoms with van der Waals surface area (Å²) in [6.07, 6.45) is -0.0956. The molecule has 0 aromatic heterocycles. The van der Waals surface area contributed by atoms with E-state index in [-0.39, 0.29) is 18.2 Å². The van der Waals surface area contributed by atoms with E-state index < -0.39 is 11.5 Å². The largest absolute Gasteiger partial charge is 0.481 e. The number of hydrogen-bond acceptors (Lipinski definition) is 3. The van der Waals surface area contributed by atoms with Crippen molar-refractivity contribution in [1.82, 2.24) is 5.32 Å². The Bertz CT molecular complexity index is 513. The Morgan fingerprint density at radius 2 is 1.86 bits per heavy atom. The summed E-state index contributed by atoms with van der Waals surface area (Å²) in [5.41, 5.74) is 0.975. The monoisotopic (exact) mass is 323 g/mol. The Morgan fingerprint density at radius 1 is 1.27 bits per heavy atom. The Balaban J connectivity index is 2.79. The second-order valence-corrected chi connectivity index (χ2v) is 7.21. The lowest BCUT2D eigenvalue weighted by atomic mass is 9.85. The normalized spacial score (nSPS) is 13.7. The third kappa shape index (κ3) is 5.37. The maximum absolute atomic E-state index is 12.4. The van der Waals surface area contributed by atoms with Crippen LogP contribution in [0.2, 0.25) is 0 Å². The minimum Gasteiger partial charge on any atom is -0.481 e. The number of carboxylic acids is 1. The quantitative estimate of drug-likeness (QED) is 0.767. The Hall–Kier alpha value is -1.49. The first-order chi connectivity index (χ1) is 10.3. The number of aliphatic carboxylic acids is 1. The van der Waals surface area contributed by atoms with Crippen molar-refractivity contribution in [2.45, 2.75) is 45.4 Å². The van der Waals surface area contributed by atoms with Gasteiger partial charge >= 0.3 is 5.97 Å². The number of benzene rings is 1. The first-order valence-electron chi connectivity index (χ1n) is 7.49.